The highest BCUT2D eigenvalue weighted by atomic mass is 33.1. The number of aromatic amines is 1. The monoisotopic (exact) mass is 795 g/mol. The van der Waals surface area contributed by atoms with Gasteiger partial charge >= 0.3 is 27.3 Å². The predicted molar refractivity (Wildman–Crippen MR) is 161 cm³/mol. The van der Waals surface area contributed by atoms with Crippen LogP contribution in [-0.2, 0) is 37.0 Å². The number of carboxylic acids is 1. The summed E-state index contributed by atoms with van der Waals surface area (Å²) in [6.45, 7) is -0.944. The quantitative estimate of drug-likeness (QED) is 0.0315. The third-order valence-electron chi connectivity index (χ3n) is 6.74. The molecule has 9 N–H and O–H groups in total. The summed E-state index contributed by atoms with van der Waals surface area (Å²) in [6, 6.07) is 4.14. The number of hydrogen-bond donors (Lipinski definition) is 9. The molecule has 1 aromatic heterocycles. The van der Waals surface area contributed by atoms with Gasteiger partial charge in [-0.15, -0.1) is 4.67 Å². The fourth-order valence-electron chi connectivity index (χ4n) is 4.39. The smallest absolute Gasteiger partial charge is 0.477 e. The van der Waals surface area contributed by atoms with Crippen LogP contribution in [0.5, 0.6) is 0 Å². The molecule has 0 radical (unpaired) electrons. The SMILES string of the molecule is O=C(O)c1cc(SSC[C@H]2OC(OP(=O)(O)OP(=O)(O)OOC[C@H]3O[C@H](n4ccc(=O)[nH]c4=O)[C@H](O)[C@@H]3O)[C@H](O)[C@@H](O)[C@H]2O)ccc1[N+](=O)[O-]. The number of hydrogen-bond acceptors (Lipinski definition) is 20. The average Bonchev–Trinajstić information content (AvgIpc) is 3.29. The maximum atomic E-state index is 12.5. The largest absolute Gasteiger partial charge is 0.508 e. The Bertz CT molecular complexity index is 1780. The van der Waals surface area contributed by atoms with E-state index in [0.29, 0.717) is 0 Å². The number of ether oxygens (including phenoxy) is 2. The molecule has 1 aromatic carbocycles. The van der Waals surface area contributed by atoms with Crippen molar-refractivity contribution < 1.29 is 87.1 Å². The van der Waals surface area contributed by atoms with Gasteiger partial charge in [0.1, 0.15) is 48.8 Å². The maximum absolute atomic E-state index is 12.5. The van der Waals surface area contributed by atoms with E-state index in [-0.39, 0.29) is 10.6 Å². The summed E-state index contributed by atoms with van der Waals surface area (Å²) in [4.78, 5) is 71.3. The van der Waals surface area contributed by atoms with Crippen LogP contribution in [0.1, 0.15) is 16.6 Å². The van der Waals surface area contributed by atoms with Crippen LogP contribution in [0.3, 0.4) is 0 Å². The van der Waals surface area contributed by atoms with E-state index in [1.165, 1.54) is 6.07 Å². The minimum absolute atomic E-state index is 0.222. The van der Waals surface area contributed by atoms with Gasteiger partial charge in [-0.3, -0.25) is 29.0 Å². The van der Waals surface area contributed by atoms with E-state index >= 15 is 0 Å². The minimum Gasteiger partial charge on any atom is -0.477 e. The van der Waals surface area contributed by atoms with Gasteiger partial charge in [0.05, 0.1) is 11.0 Å². The molecule has 0 saturated carbocycles. The first-order valence-electron chi connectivity index (χ1n) is 13.5. The zero-order valence-corrected chi connectivity index (χ0v) is 27.9. The van der Waals surface area contributed by atoms with Crippen molar-refractivity contribution in [2.75, 3.05) is 12.4 Å². The highest BCUT2D eigenvalue weighted by Gasteiger charge is 2.49. The molecule has 50 heavy (non-hydrogen) atoms. The van der Waals surface area contributed by atoms with Gasteiger partial charge in [-0.2, -0.15) is 4.31 Å². The molecule has 3 unspecified atom stereocenters. The molecule has 3 heterocycles. The zero-order valence-electron chi connectivity index (χ0n) is 24.5. The summed E-state index contributed by atoms with van der Waals surface area (Å²) in [5.41, 5.74) is -3.03. The lowest BCUT2D eigenvalue weighted by Crippen LogP contribution is -2.58. The first-order chi connectivity index (χ1) is 23.3. The first kappa shape index (κ1) is 40.2. The Labute approximate surface area is 284 Å². The fourth-order valence-corrected chi connectivity index (χ4v) is 8.56. The fraction of sp³-hybridized carbons (Fsp3) is 0.500. The number of carboxylic acid groups (broad SMARTS) is 1. The van der Waals surface area contributed by atoms with E-state index in [1.807, 2.05) is 4.98 Å². The molecule has 28 heteroatoms. The summed E-state index contributed by atoms with van der Waals surface area (Å²) in [7, 11) is -9.70. The topological polar surface area (TPSA) is 366 Å². The molecule has 0 amide bonds. The van der Waals surface area contributed by atoms with Crippen LogP contribution in [0.4, 0.5) is 5.69 Å². The molecular formula is C22H27N3O21P2S2. The minimum atomic E-state index is -5.75. The molecule has 24 nitrogen and oxygen atoms in total. The highest BCUT2D eigenvalue weighted by molar-refractivity contribution is 8.76. The van der Waals surface area contributed by atoms with E-state index in [1.54, 1.807) is 0 Å². The van der Waals surface area contributed by atoms with E-state index in [2.05, 4.69) is 18.4 Å². The Morgan fingerprint density at radius 2 is 1.66 bits per heavy atom. The van der Waals surface area contributed by atoms with Crippen LogP contribution in [0, 0.1) is 10.1 Å². The third-order valence-corrected chi connectivity index (χ3v) is 11.5. The normalized spacial score (nSPS) is 30.7. The number of phosphoric ester groups is 1. The Morgan fingerprint density at radius 3 is 2.30 bits per heavy atom. The number of carbonyl (C=O) groups is 1. The van der Waals surface area contributed by atoms with Gasteiger partial charge < -0.3 is 49.9 Å². The summed E-state index contributed by atoms with van der Waals surface area (Å²) in [6.07, 6.45) is -15.5. The van der Waals surface area contributed by atoms with Crippen LogP contribution in [0.15, 0.2) is 44.9 Å². The number of rotatable bonds is 15. The number of benzene rings is 1. The maximum Gasteiger partial charge on any atom is 0.508 e. The van der Waals surface area contributed by atoms with Gasteiger partial charge in [-0.05, 0) is 12.1 Å². The second kappa shape index (κ2) is 16.4. The number of nitro benzene ring substituents is 1. The van der Waals surface area contributed by atoms with Crippen molar-refractivity contribution in [3.63, 3.8) is 0 Å². The number of aromatic nitrogens is 2. The van der Waals surface area contributed by atoms with Gasteiger partial charge in [0.2, 0.25) is 0 Å². The van der Waals surface area contributed by atoms with Crippen LogP contribution in [-0.4, -0.2) is 122 Å². The molecule has 2 aliphatic heterocycles. The summed E-state index contributed by atoms with van der Waals surface area (Å²) >= 11 is 0. The summed E-state index contributed by atoms with van der Waals surface area (Å²) in [5, 5.41) is 71.5. The van der Waals surface area contributed by atoms with Crippen LogP contribution in [0.25, 0.3) is 0 Å². The zero-order chi connectivity index (χ0) is 37.1. The molecule has 278 valence electrons. The first-order valence-corrected chi connectivity index (χ1v) is 18.8. The number of nitrogens with zero attached hydrogens (tertiary/aromatic N) is 2. The number of H-pyrrole nitrogens is 1. The van der Waals surface area contributed by atoms with Crippen molar-refractivity contribution in [2.24, 2.45) is 0 Å². The van der Waals surface area contributed by atoms with Gasteiger partial charge in [-0.1, -0.05) is 21.6 Å². The molecule has 11 atom stereocenters. The predicted octanol–water partition coefficient (Wildman–Crippen LogP) is -1.81. The average molecular weight is 796 g/mol. The van der Waals surface area contributed by atoms with Gasteiger partial charge in [-0.25, -0.2) is 23.6 Å². The Balaban J connectivity index is 1.30. The van der Waals surface area contributed by atoms with Crippen molar-refractivity contribution in [2.45, 2.75) is 60.1 Å². The molecule has 0 spiro atoms. The van der Waals surface area contributed by atoms with Crippen LogP contribution < -0.4 is 11.2 Å². The Hall–Kier alpha value is -2.59. The van der Waals surface area contributed by atoms with Gasteiger partial charge in [0.15, 0.2) is 12.5 Å². The van der Waals surface area contributed by atoms with E-state index in [4.69, 9.17) is 9.47 Å². The number of nitrogens with one attached hydrogen (secondary N) is 1. The van der Waals surface area contributed by atoms with Gasteiger partial charge in [0.25, 0.3) is 11.2 Å². The lowest BCUT2D eigenvalue weighted by atomic mass is 10.0. The van der Waals surface area contributed by atoms with Crippen molar-refractivity contribution in [3.8, 4) is 0 Å². The standard InChI is InChI=1S/C22H27N3O21P2S2/c26-13-3-4-24(22(34)23-13)19-17(30)14(27)11(42-19)6-41-45-48(39,40)46-47(37,38)44-21-18(31)16(29)15(28)12(43-21)7-49-50-8-1-2-10(25(35)36)9(5-8)20(32)33/h1-5,11-12,14-19,21,27-31H,6-7H2,(H,32,33)(H,37,38)(H,39,40)(H,23,26,34)/t11-,12-,14-,15+,16+,17-,18-,19+,21?/m1/s1. The van der Waals surface area contributed by atoms with Crippen LogP contribution in [0.2, 0.25) is 0 Å². The van der Waals surface area contributed by atoms with Gasteiger partial charge in [0, 0.05) is 29.0 Å². The molecule has 2 aromatic rings. The second-order valence-electron chi connectivity index (χ2n) is 10.2. The lowest BCUT2D eigenvalue weighted by molar-refractivity contribution is -0.385. The van der Waals surface area contributed by atoms with Crippen molar-refractivity contribution in [1.29, 1.82) is 0 Å². The van der Waals surface area contributed by atoms with Crippen LogP contribution >= 0.6 is 37.2 Å². The highest BCUT2D eigenvalue weighted by Crippen LogP contribution is 2.61. The number of nitro groups is 1. The number of phosphoric acid groups is 2. The molecule has 0 bridgehead atoms. The Morgan fingerprint density at radius 1 is 0.980 bits per heavy atom. The molecule has 0 aliphatic carbocycles. The van der Waals surface area contributed by atoms with E-state index in [0.717, 1.165) is 50.6 Å². The van der Waals surface area contributed by atoms with Crippen molar-refractivity contribution in [1.82, 2.24) is 9.55 Å². The molecular weight excluding hydrogens is 768 g/mol. The summed E-state index contributed by atoms with van der Waals surface area (Å²) in [5.74, 6) is -1.84. The second-order valence-corrected chi connectivity index (χ2v) is 15.5. The molecule has 2 saturated heterocycles. The van der Waals surface area contributed by atoms with Crippen molar-refractivity contribution in [3.05, 3.63) is 67.0 Å². The Kier molecular flexibility index (Phi) is 13.2. The third kappa shape index (κ3) is 9.84. The molecule has 2 fully saturated rings. The number of aromatic carboxylic acids is 1. The van der Waals surface area contributed by atoms with E-state index < -0.39 is 111 Å². The van der Waals surface area contributed by atoms with E-state index in [9.17, 15) is 74.1 Å². The molecule has 2 aliphatic rings. The lowest BCUT2D eigenvalue weighted by Gasteiger charge is -2.40. The molecule has 4 rings (SSSR count). The number of aliphatic hydroxyl groups excluding tert-OH is 5. The summed E-state index contributed by atoms with van der Waals surface area (Å²) < 4.78 is 48.9. The number of aliphatic hydroxyl groups is 5. The van der Waals surface area contributed by atoms with Crippen molar-refractivity contribution >= 4 is 48.9 Å².